The van der Waals surface area contributed by atoms with E-state index in [-0.39, 0.29) is 0 Å². The predicted molar refractivity (Wildman–Crippen MR) is 96.0 cm³/mol. The van der Waals surface area contributed by atoms with E-state index in [1.807, 2.05) is 24.4 Å². The summed E-state index contributed by atoms with van der Waals surface area (Å²) in [5.74, 6) is 1.50. The minimum Gasteiger partial charge on any atom is -0.355 e. The van der Waals surface area contributed by atoms with Crippen molar-refractivity contribution in [1.29, 1.82) is 0 Å². The fourth-order valence-electron chi connectivity index (χ4n) is 2.86. The van der Waals surface area contributed by atoms with Crippen molar-refractivity contribution in [3.63, 3.8) is 0 Å². The smallest absolute Gasteiger partial charge is 0.182 e. The average molecular weight is 333 g/mol. The van der Waals surface area contributed by atoms with Gasteiger partial charge in [0, 0.05) is 56.1 Å². The van der Waals surface area contributed by atoms with E-state index in [0.29, 0.717) is 11.5 Å². The lowest BCUT2D eigenvalue weighted by Gasteiger charge is -2.22. The molecule has 7 heteroatoms. The maximum Gasteiger partial charge on any atom is 0.182 e. The monoisotopic (exact) mass is 333 g/mol. The summed E-state index contributed by atoms with van der Waals surface area (Å²) in [4.78, 5) is 24.5. The van der Waals surface area contributed by atoms with Crippen LogP contribution in [-0.2, 0) is 0 Å². The third-order valence-corrected chi connectivity index (χ3v) is 4.13. The summed E-state index contributed by atoms with van der Waals surface area (Å²) < 4.78 is 0. The Morgan fingerprint density at radius 1 is 0.920 bits per heavy atom. The molecule has 1 N–H and O–H groups in total. The molecule has 4 rings (SSSR count). The number of nitrogens with zero attached hydrogens (tertiary/aromatic N) is 6. The number of hydrogen-bond acceptors (Lipinski definition) is 7. The number of anilines is 1. The van der Waals surface area contributed by atoms with Crippen molar-refractivity contribution in [1.82, 2.24) is 30.2 Å². The lowest BCUT2D eigenvalue weighted by molar-refractivity contribution is 0.724. The van der Waals surface area contributed by atoms with Crippen molar-refractivity contribution in [2.45, 2.75) is 6.42 Å². The van der Waals surface area contributed by atoms with Crippen LogP contribution in [0, 0.1) is 0 Å². The van der Waals surface area contributed by atoms with E-state index in [1.54, 1.807) is 24.8 Å². The molecule has 1 saturated heterocycles. The van der Waals surface area contributed by atoms with Crippen molar-refractivity contribution in [3.05, 3.63) is 49.2 Å². The zero-order chi connectivity index (χ0) is 16.9. The number of pyridine rings is 1. The molecule has 1 fully saturated rings. The molecule has 0 saturated carbocycles. The molecule has 1 aliphatic heterocycles. The molecule has 3 aromatic heterocycles. The minimum absolute atomic E-state index is 0.585. The number of hydrogen-bond donors (Lipinski definition) is 1. The third-order valence-electron chi connectivity index (χ3n) is 4.13. The number of rotatable bonds is 3. The van der Waals surface area contributed by atoms with E-state index in [2.05, 4.69) is 25.2 Å². The molecule has 0 unspecified atom stereocenters. The van der Waals surface area contributed by atoms with Gasteiger partial charge in [0.2, 0.25) is 0 Å². The number of nitrogens with one attached hydrogen (secondary N) is 1. The Morgan fingerprint density at radius 3 is 2.72 bits per heavy atom. The van der Waals surface area contributed by atoms with Crippen LogP contribution in [0.25, 0.3) is 22.8 Å². The van der Waals surface area contributed by atoms with E-state index in [9.17, 15) is 0 Å². The standard InChI is InChI=1S/C18H19N7/c1-3-14(12-20-4-1)15-11-17(25-9-2-5-19-8-10-25)24-18(23-15)16-13-21-6-7-22-16/h1,3-4,6-7,11-13,19H,2,5,8-10H2. The van der Waals surface area contributed by atoms with Crippen molar-refractivity contribution in [2.75, 3.05) is 31.1 Å². The molecular formula is C18H19N7. The van der Waals surface area contributed by atoms with Crippen LogP contribution in [0.4, 0.5) is 5.82 Å². The normalized spacial score (nSPS) is 15.0. The molecular weight excluding hydrogens is 314 g/mol. The lowest BCUT2D eigenvalue weighted by atomic mass is 10.2. The van der Waals surface area contributed by atoms with Crippen LogP contribution in [0.2, 0.25) is 0 Å². The SMILES string of the molecule is c1cncc(-c2cc(N3CCCNCC3)nc(-c3cnccn3)n2)c1. The summed E-state index contributed by atoms with van der Waals surface area (Å²) in [6.07, 6.45) is 9.66. The molecule has 4 heterocycles. The van der Waals surface area contributed by atoms with Gasteiger partial charge in [0.1, 0.15) is 11.5 Å². The molecule has 1 aliphatic rings. The van der Waals surface area contributed by atoms with Crippen LogP contribution in [0.3, 0.4) is 0 Å². The highest BCUT2D eigenvalue weighted by Crippen LogP contribution is 2.25. The summed E-state index contributed by atoms with van der Waals surface area (Å²) in [5, 5.41) is 3.42. The summed E-state index contributed by atoms with van der Waals surface area (Å²) >= 11 is 0. The Hall–Kier alpha value is -2.93. The molecule has 126 valence electrons. The van der Waals surface area contributed by atoms with Gasteiger partial charge in [-0.15, -0.1) is 0 Å². The van der Waals surface area contributed by atoms with E-state index >= 15 is 0 Å². The zero-order valence-electron chi connectivity index (χ0n) is 13.8. The van der Waals surface area contributed by atoms with E-state index < -0.39 is 0 Å². The largest absolute Gasteiger partial charge is 0.355 e. The molecule has 25 heavy (non-hydrogen) atoms. The fraction of sp³-hybridized carbons (Fsp3) is 0.278. The van der Waals surface area contributed by atoms with Crippen LogP contribution in [0.5, 0.6) is 0 Å². The summed E-state index contributed by atoms with van der Waals surface area (Å²) in [7, 11) is 0. The first-order valence-electron chi connectivity index (χ1n) is 8.42. The Bertz CT molecular complexity index is 758. The molecule has 0 bridgehead atoms. The maximum absolute atomic E-state index is 4.76. The highest BCUT2D eigenvalue weighted by Gasteiger charge is 2.16. The van der Waals surface area contributed by atoms with E-state index in [1.165, 1.54) is 0 Å². The first kappa shape index (κ1) is 15.6. The molecule has 0 aromatic carbocycles. The second kappa shape index (κ2) is 7.31. The Labute approximate surface area is 146 Å². The third kappa shape index (κ3) is 3.61. The van der Waals surface area contributed by atoms with Crippen molar-refractivity contribution in [2.24, 2.45) is 0 Å². The molecule has 0 spiro atoms. The second-order valence-corrected chi connectivity index (χ2v) is 5.86. The van der Waals surface area contributed by atoms with Crippen LogP contribution in [0.15, 0.2) is 49.2 Å². The van der Waals surface area contributed by atoms with Gasteiger partial charge in [-0.1, -0.05) is 0 Å². The van der Waals surface area contributed by atoms with Gasteiger partial charge in [-0.2, -0.15) is 0 Å². The second-order valence-electron chi connectivity index (χ2n) is 5.86. The lowest BCUT2D eigenvalue weighted by Crippen LogP contribution is -2.28. The average Bonchev–Trinajstić information content (AvgIpc) is 2.99. The summed E-state index contributed by atoms with van der Waals surface area (Å²) in [6.45, 7) is 3.88. The van der Waals surface area contributed by atoms with Crippen molar-refractivity contribution >= 4 is 5.82 Å². The van der Waals surface area contributed by atoms with E-state index in [4.69, 9.17) is 9.97 Å². The first-order valence-corrected chi connectivity index (χ1v) is 8.42. The highest BCUT2D eigenvalue weighted by molar-refractivity contribution is 5.66. The number of aromatic nitrogens is 5. The predicted octanol–water partition coefficient (Wildman–Crippen LogP) is 1.80. The Morgan fingerprint density at radius 2 is 1.88 bits per heavy atom. The van der Waals surface area contributed by atoms with Gasteiger partial charge in [0.25, 0.3) is 0 Å². The van der Waals surface area contributed by atoms with Crippen LogP contribution >= 0.6 is 0 Å². The molecule has 0 atom stereocenters. The van der Waals surface area contributed by atoms with E-state index in [0.717, 1.165) is 49.7 Å². The van der Waals surface area contributed by atoms with Gasteiger partial charge in [-0.05, 0) is 25.1 Å². The van der Waals surface area contributed by atoms with Gasteiger partial charge in [0.05, 0.1) is 11.9 Å². The zero-order valence-corrected chi connectivity index (χ0v) is 13.8. The van der Waals surface area contributed by atoms with Gasteiger partial charge in [-0.3, -0.25) is 9.97 Å². The van der Waals surface area contributed by atoms with Gasteiger partial charge >= 0.3 is 0 Å². The fourth-order valence-corrected chi connectivity index (χ4v) is 2.86. The molecule has 0 radical (unpaired) electrons. The van der Waals surface area contributed by atoms with Crippen molar-refractivity contribution in [3.8, 4) is 22.8 Å². The first-order chi connectivity index (χ1) is 12.4. The van der Waals surface area contributed by atoms with Gasteiger partial charge < -0.3 is 10.2 Å². The quantitative estimate of drug-likeness (QED) is 0.783. The molecule has 7 nitrogen and oxygen atoms in total. The Balaban J connectivity index is 1.80. The molecule has 3 aromatic rings. The maximum atomic E-state index is 4.76. The van der Waals surface area contributed by atoms with Crippen molar-refractivity contribution < 1.29 is 0 Å². The summed E-state index contributed by atoms with van der Waals surface area (Å²) in [5.41, 5.74) is 2.47. The van der Waals surface area contributed by atoms with Gasteiger partial charge in [0.15, 0.2) is 5.82 Å². The van der Waals surface area contributed by atoms with Gasteiger partial charge in [-0.25, -0.2) is 15.0 Å². The highest BCUT2D eigenvalue weighted by atomic mass is 15.2. The van der Waals surface area contributed by atoms with Crippen LogP contribution in [-0.4, -0.2) is 51.1 Å². The topological polar surface area (TPSA) is 79.7 Å². The molecule has 0 amide bonds. The van der Waals surface area contributed by atoms with Crippen LogP contribution < -0.4 is 10.2 Å². The summed E-state index contributed by atoms with van der Waals surface area (Å²) in [6, 6.07) is 5.95. The minimum atomic E-state index is 0.585. The van der Waals surface area contributed by atoms with Crippen LogP contribution in [0.1, 0.15) is 6.42 Å². The Kier molecular flexibility index (Phi) is 4.56. The molecule has 0 aliphatic carbocycles.